The number of rotatable bonds is 4. The zero-order valence-corrected chi connectivity index (χ0v) is 15.9. The van der Waals surface area contributed by atoms with E-state index in [4.69, 9.17) is 0 Å². The highest BCUT2D eigenvalue weighted by molar-refractivity contribution is 7.08. The average molecular weight is 430 g/mol. The van der Waals surface area contributed by atoms with Crippen LogP contribution in [-0.4, -0.2) is 26.7 Å². The number of H-pyrrole nitrogens is 1. The van der Waals surface area contributed by atoms with Crippen molar-refractivity contribution in [1.82, 2.24) is 20.6 Å². The van der Waals surface area contributed by atoms with Crippen LogP contribution in [0.15, 0.2) is 59.3 Å². The number of urea groups is 1. The Bertz CT molecular complexity index is 1160. The van der Waals surface area contributed by atoms with Gasteiger partial charge >= 0.3 is 12.2 Å². The lowest BCUT2D eigenvalue weighted by molar-refractivity contribution is -0.137. The number of benzene rings is 2. The van der Waals surface area contributed by atoms with Crippen molar-refractivity contribution in [2.24, 2.45) is 0 Å². The first-order valence-corrected chi connectivity index (χ1v) is 9.50. The molecular formula is C19H13F3N6OS. The highest BCUT2D eigenvalue weighted by Gasteiger charge is 2.30. The summed E-state index contributed by atoms with van der Waals surface area (Å²) in [5.41, 5.74) is 1.92. The quantitative estimate of drug-likeness (QED) is 0.412. The van der Waals surface area contributed by atoms with Crippen LogP contribution in [0.1, 0.15) is 5.56 Å². The summed E-state index contributed by atoms with van der Waals surface area (Å²) in [5.74, 6) is 0.265. The molecule has 0 aliphatic carbocycles. The predicted molar refractivity (Wildman–Crippen MR) is 107 cm³/mol. The van der Waals surface area contributed by atoms with Crippen LogP contribution in [0.5, 0.6) is 0 Å². The molecule has 0 aliphatic rings. The van der Waals surface area contributed by atoms with Gasteiger partial charge in [0, 0.05) is 11.3 Å². The second kappa shape index (κ2) is 7.95. The highest BCUT2D eigenvalue weighted by Crippen LogP contribution is 2.33. The summed E-state index contributed by atoms with van der Waals surface area (Å²) in [6.07, 6.45) is -4.50. The molecule has 0 fully saturated rings. The maximum atomic E-state index is 12.9. The molecule has 4 aromatic rings. The molecule has 0 aliphatic heterocycles. The van der Waals surface area contributed by atoms with Gasteiger partial charge in [-0.1, -0.05) is 12.1 Å². The molecule has 0 unspecified atom stereocenters. The van der Waals surface area contributed by atoms with Crippen LogP contribution in [0.2, 0.25) is 0 Å². The molecule has 2 heterocycles. The largest absolute Gasteiger partial charge is 0.416 e. The third kappa shape index (κ3) is 4.30. The van der Waals surface area contributed by atoms with Crippen LogP contribution in [-0.2, 0) is 6.18 Å². The summed E-state index contributed by atoms with van der Waals surface area (Å²) >= 11 is 1.55. The summed E-state index contributed by atoms with van der Waals surface area (Å²) in [5, 5.41) is 22.8. The zero-order chi connectivity index (χ0) is 21.1. The molecule has 2 amide bonds. The summed E-state index contributed by atoms with van der Waals surface area (Å²) < 4.78 is 38.6. The number of anilines is 2. The van der Waals surface area contributed by atoms with Gasteiger partial charge in [0.05, 0.1) is 11.3 Å². The topological polar surface area (TPSA) is 95.6 Å². The Morgan fingerprint density at radius 2 is 1.90 bits per heavy atom. The average Bonchev–Trinajstić information content (AvgIpc) is 3.42. The van der Waals surface area contributed by atoms with E-state index in [1.807, 2.05) is 22.9 Å². The fourth-order valence-corrected chi connectivity index (χ4v) is 3.45. The number of thiophene rings is 1. The number of aromatic nitrogens is 4. The summed E-state index contributed by atoms with van der Waals surface area (Å²) in [6.45, 7) is 0. The second-order valence-electron chi connectivity index (χ2n) is 6.17. The minimum Gasteiger partial charge on any atom is -0.308 e. The lowest BCUT2D eigenvalue weighted by atomic mass is 10.0. The molecule has 7 nitrogen and oxygen atoms in total. The minimum atomic E-state index is -4.50. The number of carbonyl (C=O) groups excluding carboxylic acids is 1. The third-order valence-electron chi connectivity index (χ3n) is 4.16. The molecule has 0 saturated carbocycles. The van der Waals surface area contributed by atoms with Crippen LogP contribution in [0, 0.1) is 0 Å². The van der Waals surface area contributed by atoms with E-state index in [1.165, 1.54) is 12.1 Å². The fourth-order valence-electron chi connectivity index (χ4n) is 2.78. The van der Waals surface area contributed by atoms with Gasteiger partial charge in [0.2, 0.25) is 5.82 Å². The number of nitrogens with one attached hydrogen (secondary N) is 3. The Balaban J connectivity index is 1.59. The summed E-state index contributed by atoms with van der Waals surface area (Å²) in [6, 6.07) is 10.9. The molecule has 2 aromatic heterocycles. The molecule has 0 bridgehead atoms. The lowest BCUT2D eigenvalue weighted by Gasteiger charge is -2.13. The maximum Gasteiger partial charge on any atom is 0.416 e. The molecule has 0 atom stereocenters. The lowest BCUT2D eigenvalue weighted by Crippen LogP contribution is -2.20. The first-order chi connectivity index (χ1) is 14.4. The Morgan fingerprint density at radius 3 is 2.60 bits per heavy atom. The van der Waals surface area contributed by atoms with Crippen LogP contribution in [0.4, 0.5) is 29.3 Å². The van der Waals surface area contributed by atoms with Gasteiger partial charge in [0.1, 0.15) is 0 Å². The number of nitrogens with zero attached hydrogens (tertiary/aromatic N) is 3. The molecule has 0 saturated heterocycles. The number of alkyl halides is 3. The molecule has 152 valence electrons. The number of halogens is 3. The molecule has 2 aromatic carbocycles. The van der Waals surface area contributed by atoms with Crippen molar-refractivity contribution in [3.8, 4) is 22.5 Å². The molecule has 30 heavy (non-hydrogen) atoms. The SMILES string of the molecule is O=C(Nc1cccc(C(F)(F)F)c1)Nc1ccc(-c2ccsc2)cc1-c1nn[nH]n1. The van der Waals surface area contributed by atoms with Gasteiger partial charge in [-0.2, -0.15) is 29.7 Å². The number of aromatic amines is 1. The van der Waals surface area contributed by atoms with Crippen molar-refractivity contribution in [2.75, 3.05) is 10.6 Å². The fraction of sp³-hybridized carbons (Fsp3) is 0.0526. The number of tetrazole rings is 1. The third-order valence-corrected chi connectivity index (χ3v) is 4.84. The number of amides is 2. The highest BCUT2D eigenvalue weighted by atomic mass is 32.1. The summed E-state index contributed by atoms with van der Waals surface area (Å²) in [7, 11) is 0. The Kier molecular flexibility index (Phi) is 5.19. The number of carbonyl (C=O) groups is 1. The minimum absolute atomic E-state index is 0.0123. The summed E-state index contributed by atoms with van der Waals surface area (Å²) in [4.78, 5) is 12.4. The maximum absolute atomic E-state index is 12.9. The molecule has 0 radical (unpaired) electrons. The van der Waals surface area contributed by atoms with Crippen molar-refractivity contribution in [1.29, 1.82) is 0 Å². The van der Waals surface area contributed by atoms with Gasteiger partial charge in [-0.3, -0.25) is 0 Å². The van der Waals surface area contributed by atoms with Crippen molar-refractivity contribution in [3.05, 3.63) is 64.9 Å². The van der Waals surface area contributed by atoms with E-state index in [2.05, 4.69) is 31.3 Å². The van der Waals surface area contributed by atoms with Gasteiger partial charge < -0.3 is 10.6 Å². The monoisotopic (exact) mass is 430 g/mol. The smallest absolute Gasteiger partial charge is 0.308 e. The van der Waals surface area contributed by atoms with Crippen LogP contribution in [0.25, 0.3) is 22.5 Å². The van der Waals surface area contributed by atoms with Crippen molar-refractivity contribution in [3.63, 3.8) is 0 Å². The van der Waals surface area contributed by atoms with Gasteiger partial charge in [-0.15, -0.1) is 10.2 Å². The number of hydrogen-bond donors (Lipinski definition) is 3. The van der Waals surface area contributed by atoms with E-state index in [0.717, 1.165) is 23.3 Å². The predicted octanol–water partition coefficient (Wildman–Crippen LogP) is 5.26. The van der Waals surface area contributed by atoms with E-state index in [1.54, 1.807) is 23.5 Å². The van der Waals surface area contributed by atoms with E-state index >= 15 is 0 Å². The zero-order valence-electron chi connectivity index (χ0n) is 15.1. The van der Waals surface area contributed by atoms with Crippen molar-refractivity contribution >= 4 is 28.7 Å². The molecule has 11 heteroatoms. The first-order valence-electron chi connectivity index (χ1n) is 8.56. The Morgan fingerprint density at radius 1 is 1.03 bits per heavy atom. The van der Waals surface area contributed by atoms with Crippen LogP contribution >= 0.6 is 11.3 Å². The van der Waals surface area contributed by atoms with E-state index in [9.17, 15) is 18.0 Å². The first kappa shape index (κ1) is 19.6. The molecule has 0 spiro atoms. The molecule has 3 N–H and O–H groups in total. The number of hydrogen-bond acceptors (Lipinski definition) is 5. The standard InChI is InChI=1S/C19H13F3N6OS/c20-19(21,22)13-2-1-3-14(9-13)23-18(29)24-16-5-4-11(12-6-7-30-10-12)8-15(16)17-25-27-28-26-17/h1-10H,(H2,23,24,29)(H,25,26,27,28). The molecule has 4 rings (SSSR count). The Hall–Kier alpha value is -3.73. The van der Waals surface area contributed by atoms with Crippen LogP contribution < -0.4 is 10.6 Å². The van der Waals surface area contributed by atoms with Gasteiger partial charge in [0.25, 0.3) is 0 Å². The van der Waals surface area contributed by atoms with Gasteiger partial charge in [-0.05, 0) is 63.5 Å². The van der Waals surface area contributed by atoms with E-state index in [-0.39, 0.29) is 11.5 Å². The van der Waals surface area contributed by atoms with Crippen molar-refractivity contribution in [2.45, 2.75) is 6.18 Å². The van der Waals surface area contributed by atoms with E-state index in [0.29, 0.717) is 11.3 Å². The normalized spacial score (nSPS) is 11.3. The second-order valence-corrected chi connectivity index (χ2v) is 6.95. The van der Waals surface area contributed by atoms with Crippen LogP contribution in [0.3, 0.4) is 0 Å². The Labute approximate surface area is 172 Å². The van der Waals surface area contributed by atoms with Crippen molar-refractivity contribution < 1.29 is 18.0 Å². The molecular weight excluding hydrogens is 417 g/mol. The van der Waals surface area contributed by atoms with Gasteiger partial charge in [0.15, 0.2) is 0 Å². The van der Waals surface area contributed by atoms with Gasteiger partial charge in [-0.25, -0.2) is 4.79 Å². The van der Waals surface area contributed by atoms with E-state index < -0.39 is 17.8 Å².